The largest absolute Gasteiger partial charge is 0.352 e. The van der Waals surface area contributed by atoms with Crippen molar-refractivity contribution in [1.82, 2.24) is 15.1 Å². The van der Waals surface area contributed by atoms with Gasteiger partial charge in [-0.2, -0.15) is 5.10 Å². The van der Waals surface area contributed by atoms with Crippen molar-refractivity contribution in [2.24, 2.45) is 11.7 Å². The molecule has 1 aliphatic carbocycles. The number of aryl methyl sites for hydroxylation is 2. The molecule has 1 heterocycles. The lowest BCUT2D eigenvalue weighted by Crippen LogP contribution is -2.30. The molecule has 0 aliphatic heterocycles. The second-order valence-electron chi connectivity index (χ2n) is 6.46. The Morgan fingerprint density at radius 3 is 2.78 bits per heavy atom. The fourth-order valence-electron chi connectivity index (χ4n) is 3.32. The van der Waals surface area contributed by atoms with Crippen molar-refractivity contribution >= 4 is 5.91 Å². The number of carbonyl (C=O) groups excluding carboxylic acids is 1. The van der Waals surface area contributed by atoms with Gasteiger partial charge < -0.3 is 11.1 Å². The molecular formula is C18H24N4O. The van der Waals surface area contributed by atoms with Crippen LogP contribution in [0.3, 0.4) is 0 Å². The van der Waals surface area contributed by atoms with Gasteiger partial charge in [-0.3, -0.25) is 4.79 Å². The Balaban J connectivity index is 1.74. The zero-order valence-corrected chi connectivity index (χ0v) is 13.7. The van der Waals surface area contributed by atoms with Crippen molar-refractivity contribution in [3.63, 3.8) is 0 Å². The van der Waals surface area contributed by atoms with Crippen LogP contribution in [0.4, 0.5) is 0 Å². The van der Waals surface area contributed by atoms with Gasteiger partial charge in [-0.25, -0.2) is 4.68 Å². The third kappa shape index (κ3) is 3.45. The highest BCUT2D eigenvalue weighted by molar-refractivity contribution is 5.79. The Morgan fingerprint density at radius 2 is 2.13 bits per heavy atom. The molecule has 0 saturated heterocycles. The number of nitrogens with one attached hydrogen (secondary N) is 1. The molecule has 3 rings (SSSR count). The van der Waals surface area contributed by atoms with Gasteiger partial charge in [0.25, 0.3) is 0 Å². The van der Waals surface area contributed by atoms with E-state index in [1.54, 1.807) is 0 Å². The summed E-state index contributed by atoms with van der Waals surface area (Å²) >= 11 is 0. The Labute approximate surface area is 136 Å². The van der Waals surface area contributed by atoms with Gasteiger partial charge in [0.2, 0.25) is 5.91 Å². The normalized spacial score (nSPS) is 20.7. The number of hydrogen-bond donors (Lipinski definition) is 2. The highest BCUT2D eigenvalue weighted by Gasteiger charge is 2.27. The van der Waals surface area contributed by atoms with E-state index in [0.29, 0.717) is 6.54 Å². The number of carbonyl (C=O) groups is 1. The predicted molar refractivity (Wildman–Crippen MR) is 90.2 cm³/mol. The molecule has 5 heteroatoms. The van der Waals surface area contributed by atoms with Gasteiger partial charge in [0.05, 0.1) is 11.4 Å². The maximum Gasteiger partial charge on any atom is 0.223 e. The lowest BCUT2D eigenvalue weighted by molar-refractivity contribution is -0.125. The van der Waals surface area contributed by atoms with Gasteiger partial charge in [0.1, 0.15) is 0 Å². The van der Waals surface area contributed by atoms with Crippen LogP contribution in [0.2, 0.25) is 0 Å². The van der Waals surface area contributed by atoms with Crippen LogP contribution in [-0.2, 0) is 11.3 Å². The molecule has 3 N–H and O–H groups in total. The summed E-state index contributed by atoms with van der Waals surface area (Å²) in [6.45, 7) is 4.53. The fourth-order valence-corrected chi connectivity index (χ4v) is 3.32. The predicted octanol–water partition coefficient (Wildman–Crippen LogP) is 2.23. The molecule has 0 spiro atoms. The first-order valence-electron chi connectivity index (χ1n) is 8.19. The molecule has 2 aromatic rings. The van der Waals surface area contributed by atoms with Crippen molar-refractivity contribution in [2.75, 3.05) is 0 Å². The lowest BCUT2D eigenvalue weighted by Gasteiger charge is -2.14. The van der Waals surface area contributed by atoms with Crippen LogP contribution >= 0.6 is 0 Å². The summed E-state index contributed by atoms with van der Waals surface area (Å²) in [6.07, 6.45) is 2.64. The van der Waals surface area contributed by atoms with Crippen molar-refractivity contribution in [2.45, 2.75) is 45.7 Å². The number of rotatable bonds is 4. The van der Waals surface area contributed by atoms with Crippen LogP contribution in [0, 0.1) is 19.8 Å². The number of hydrogen-bond acceptors (Lipinski definition) is 3. The molecule has 122 valence electrons. The molecule has 1 aliphatic rings. The van der Waals surface area contributed by atoms with E-state index < -0.39 is 0 Å². The second-order valence-corrected chi connectivity index (χ2v) is 6.46. The van der Waals surface area contributed by atoms with Gasteiger partial charge in [-0.05, 0) is 50.8 Å². The number of aromatic nitrogens is 2. The molecule has 1 aromatic carbocycles. The molecular weight excluding hydrogens is 288 g/mol. The minimum atomic E-state index is 0.0610. The maximum absolute atomic E-state index is 12.3. The second kappa shape index (κ2) is 6.54. The number of amides is 1. The SMILES string of the molecule is Cc1cc(C)n(-c2ccccc2CNC(=O)C2CCC(N)C2)n1. The highest BCUT2D eigenvalue weighted by Crippen LogP contribution is 2.24. The average Bonchev–Trinajstić information content (AvgIpc) is 3.10. The maximum atomic E-state index is 12.3. The first-order chi connectivity index (χ1) is 11.0. The summed E-state index contributed by atoms with van der Waals surface area (Å²) < 4.78 is 1.93. The molecule has 23 heavy (non-hydrogen) atoms. The third-order valence-corrected chi connectivity index (χ3v) is 4.53. The fraction of sp³-hybridized carbons (Fsp3) is 0.444. The molecule has 1 saturated carbocycles. The van der Waals surface area contributed by atoms with E-state index in [4.69, 9.17) is 5.73 Å². The Bertz CT molecular complexity index is 707. The van der Waals surface area contributed by atoms with Crippen LogP contribution in [0.25, 0.3) is 5.69 Å². The molecule has 2 unspecified atom stereocenters. The van der Waals surface area contributed by atoms with E-state index in [2.05, 4.69) is 16.5 Å². The monoisotopic (exact) mass is 312 g/mol. The number of nitrogens with zero attached hydrogens (tertiary/aromatic N) is 2. The quantitative estimate of drug-likeness (QED) is 0.909. The lowest BCUT2D eigenvalue weighted by atomic mass is 10.1. The van der Waals surface area contributed by atoms with Crippen LogP contribution in [0.15, 0.2) is 30.3 Å². The molecule has 5 nitrogen and oxygen atoms in total. The minimum Gasteiger partial charge on any atom is -0.352 e. The number of para-hydroxylation sites is 1. The van der Waals surface area contributed by atoms with Crippen molar-refractivity contribution in [3.8, 4) is 5.69 Å². The first-order valence-corrected chi connectivity index (χ1v) is 8.19. The average molecular weight is 312 g/mol. The number of benzene rings is 1. The topological polar surface area (TPSA) is 72.9 Å². The first kappa shape index (κ1) is 15.7. The summed E-state index contributed by atoms with van der Waals surface area (Å²) in [5, 5.41) is 7.61. The van der Waals surface area contributed by atoms with E-state index in [0.717, 1.165) is 41.9 Å². The van der Waals surface area contributed by atoms with E-state index in [1.807, 2.05) is 42.8 Å². The summed E-state index contributed by atoms with van der Waals surface area (Å²) in [7, 11) is 0. The van der Waals surface area contributed by atoms with Gasteiger partial charge in [-0.15, -0.1) is 0 Å². The molecule has 0 radical (unpaired) electrons. The zero-order chi connectivity index (χ0) is 16.4. The molecule has 1 amide bonds. The van der Waals surface area contributed by atoms with E-state index in [1.165, 1.54) is 0 Å². The van der Waals surface area contributed by atoms with E-state index in [-0.39, 0.29) is 17.9 Å². The summed E-state index contributed by atoms with van der Waals surface area (Å²) in [5.41, 5.74) is 10.1. The minimum absolute atomic E-state index is 0.0610. The van der Waals surface area contributed by atoms with Gasteiger partial charge in [-0.1, -0.05) is 18.2 Å². The third-order valence-electron chi connectivity index (χ3n) is 4.53. The summed E-state index contributed by atoms with van der Waals surface area (Å²) in [4.78, 5) is 12.3. The summed E-state index contributed by atoms with van der Waals surface area (Å²) in [6, 6.07) is 10.3. The van der Waals surface area contributed by atoms with Crippen molar-refractivity contribution in [1.29, 1.82) is 0 Å². The Kier molecular flexibility index (Phi) is 4.48. The van der Waals surface area contributed by atoms with Crippen LogP contribution in [0.5, 0.6) is 0 Å². The highest BCUT2D eigenvalue weighted by atomic mass is 16.1. The van der Waals surface area contributed by atoms with Crippen molar-refractivity contribution in [3.05, 3.63) is 47.3 Å². The van der Waals surface area contributed by atoms with Gasteiger partial charge in [0.15, 0.2) is 0 Å². The van der Waals surface area contributed by atoms with Crippen molar-refractivity contribution < 1.29 is 4.79 Å². The molecule has 1 aromatic heterocycles. The smallest absolute Gasteiger partial charge is 0.223 e. The Hall–Kier alpha value is -2.14. The van der Waals surface area contributed by atoms with Gasteiger partial charge >= 0.3 is 0 Å². The molecule has 2 atom stereocenters. The standard InChI is InChI=1S/C18H24N4O/c1-12-9-13(2)22(21-12)17-6-4-3-5-15(17)11-20-18(23)14-7-8-16(19)10-14/h3-6,9,14,16H,7-8,10-11,19H2,1-2H3,(H,20,23). The van der Waals surface area contributed by atoms with E-state index in [9.17, 15) is 4.79 Å². The van der Waals surface area contributed by atoms with Crippen LogP contribution < -0.4 is 11.1 Å². The van der Waals surface area contributed by atoms with E-state index >= 15 is 0 Å². The van der Waals surface area contributed by atoms with Crippen LogP contribution in [0.1, 0.15) is 36.2 Å². The van der Waals surface area contributed by atoms with Crippen LogP contribution in [-0.4, -0.2) is 21.7 Å². The molecule has 1 fully saturated rings. The zero-order valence-electron chi connectivity index (χ0n) is 13.7. The van der Waals surface area contributed by atoms with Gasteiger partial charge in [0, 0.05) is 24.2 Å². The molecule has 0 bridgehead atoms. The Morgan fingerprint density at radius 1 is 1.35 bits per heavy atom. The number of nitrogens with two attached hydrogens (primary N) is 1. The summed E-state index contributed by atoms with van der Waals surface area (Å²) in [5.74, 6) is 0.173.